The molecule has 168 valence electrons. The molecule has 1 fully saturated rings. The van der Waals surface area contributed by atoms with Gasteiger partial charge in [0.25, 0.3) is 0 Å². The Labute approximate surface area is 197 Å². The number of benzene rings is 2. The van der Waals surface area contributed by atoms with Gasteiger partial charge in [0.1, 0.15) is 0 Å². The summed E-state index contributed by atoms with van der Waals surface area (Å²) in [5.41, 5.74) is 4.00. The number of nitrogens with zero attached hydrogens (tertiary/aromatic N) is 2. The maximum Gasteiger partial charge on any atom is 0.223 e. The van der Waals surface area contributed by atoms with Gasteiger partial charge < -0.3 is 14.8 Å². The van der Waals surface area contributed by atoms with Crippen LogP contribution in [-0.4, -0.2) is 21.0 Å². The molecule has 34 heavy (non-hydrogen) atoms. The van der Waals surface area contributed by atoms with E-state index in [-0.39, 0.29) is 17.1 Å². The third-order valence-electron chi connectivity index (χ3n) is 7.22. The van der Waals surface area contributed by atoms with Crippen molar-refractivity contribution in [3.8, 4) is 11.4 Å². The lowest BCUT2D eigenvalue weighted by molar-refractivity contribution is 0.170. The first-order chi connectivity index (χ1) is 16.6. The fourth-order valence-corrected chi connectivity index (χ4v) is 5.53. The van der Waals surface area contributed by atoms with Crippen LogP contribution in [0, 0.1) is 11.3 Å². The molecule has 4 unspecified atom stereocenters. The average Bonchev–Trinajstić information content (AvgIpc) is 3.53. The highest BCUT2D eigenvalue weighted by molar-refractivity contribution is 5.78. The third-order valence-corrected chi connectivity index (χ3v) is 7.22. The molecular formula is C29H24N2O3. The van der Waals surface area contributed by atoms with Gasteiger partial charge in [0.15, 0.2) is 5.75 Å². The van der Waals surface area contributed by atoms with E-state index in [1.807, 2.05) is 61.0 Å². The molecule has 1 aromatic heterocycles. The van der Waals surface area contributed by atoms with Crippen molar-refractivity contribution in [3.05, 3.63) is 130 Å². The Bertz CT molecular complexity index is 1450. The molecule has 1 saturated carbocycles. The van der Waals surface area contributed by atoms with Gasteiger partial charge in [-0.15, -0.1) is 0 Å². The van der Waals surface area contributed by atoms with E-state index in [4.69, 9.17) is 0 Å². The number of aliphatic imine (C=N–C) groups is 1. The van der Waals surface area contributed by atoms with Gasteiger partial charge in [0.2, 0.25) is 5.43 Å². The Morgan fingerprint density at radius 3 is 2.76 bits per heavy atom. The van der Waals surface area contributed by atoms with E-state index in [2.05, 4.69) is 35.4 Å². The van der Waals surface area contributed by atoms with Crippen LogP contribution in [0.2, 0.25) is 0 Å². The standard InChI is InChI=1S/C29H24N2O3/c32-25(13-19-7-2-1-3-8-19)24-15-26(33)27(34)18-31(24)22-11-6-9-20(14-22)28-23-17-30-16-21-10-4-5-12-29(21,23)28/h1-12,14-18,23,25,28,32,34H,13H2. The molecule has 0 bridgehead atoms. The van der Waals surface area contributed by atoms with Gasteiger partial charge in [-0.05, 0) is 28.8 Å². The highest BCUT2D eigenvalue weighted by atomic mass is 16.3. The van der Waals surface area contributed by atoms with Crippen LogP contribution in [-0.2, 0) is 6.42 Å². The van der Waals surface area contributed by atoms with Gasteiger partial charge in [0, 0.05) is 47.8 Å². The van der Waals surface area contributed by atoms with Crippen molar-refractivity contribution in [2.75, 3.05) is 0 Å². The Balaban J connectivity index is 1.39. The normalized spacial score (nSPS) is 24.8. The number of aromatic hydroxyl groups is 1. The molecule has 3 aromatic rings. The van der Waals surface area contributed by atoms with Crippen molar-refractivity contribution in [2.45, 2.75) is 18.4 Å². The topological polar surface area (TPSA) is 74.8 Å². The molecular weight excluding hydrogens is 424 g/mol. The number of aliphatic hydroxyl groups excluding tert-OH is 1. The second kappa shape index (κ2) is 7.82. The molecule has 2 aliphatic carbocycles. The summed E-state index contributed by atoms with van der Waals surface area (Å²) in [5.74, 6) is 0.212. The first-order valence-electron chi connectivity index (χ1n) is 11.5. The maximum atomic E-state index is 12.3. The van der Waals surface area contributed by atoms with E-state index >= 15 is 0 Å². The molecule has 5 nitrogen and oxygen atoms in total. The van der Waals surface area contributed by atoms with Crippen LogP contribution in [0.1, 0.15) is 28.8 Å². The molecule has 0 radical (unpaired) electrons. The van der Waals surface area contributed by atoms with Crippen molar-refractivity contribution in [3.63, 3.8) is 0 Å². The quantitative estimate of drug-likeness (QED) is 0.598. The fourth-order valence-electron chi connectivity index (χ4n) is 5.53. The van der Waals surface area contributed by atoms with Crippen LogP contribution >= 0.6 is 0 Å². The molecule has 1 spiro atoms. The summed E-state index contributed by atoms with van der Waals surface area (Å²) in [4.78, 5) is 16.7. The zero-order valence-corrected chi connectivity index (χ0v) is 18.5. The molecule has 0 amide bonds. The van der Waals surface area contributed by atoms with Crippen LogP contribution in [0.15, 0.2) is 113 Å². The summed E-state index contributed by atoms with van der Waals surface area (Å²) in [6, 6.07) is 19.1. The molecule has 5 heteroatoms. The van der Waals surface area contributed by atoms with E-state index in [1.165, 1.54) is 17.8 Å². The summed E-state index contributed by atoms with van der Waals surface area (Å²) in [6.07, 6.45) is 13.4. The average molecular weight is 449 g/mol. The smallest absolute Gasteiger partial charge is 0.223 e. The molecule has 2 aromatic carbocycles. The molecule has 4 atom stereocenters. The zero-order valence-electron chi connectivity index (χ0n) is 18.5. The number of rotatable bonds is 5. The van der Waals surface area contributed by atoms with Gasteiger partial charge in [0.05, 0.1) is 18.0 Å². The monoisotopic (exact) mass is 448 g/mol. The lowest BCUT2D eigenvalue weighted by Crippen LogP contribution is -2.16. The summed E-state index contributed by atoms with van der Waals surface area (Å²) in [6.45, 7) is 0. The zero-order chi connectivity index (χ0) is 23.3. The first kappa shape index (κ1) is 20.6. The Morgan fingerprint density at radius 1 is 1.06 bits per heavy atom. The number of pyridine rings is 1. The minimum atomic E-state index is -0.908. The number of allylic oxidation sites excluding steroid dienone is 5. The Morgan fingerprint density at radius 2 is 1.91 bits per heavy atom. The van der Waals surface area contributed by atoms with Crippen molar-refractivity contribution >= 4 is 6.21 Å². The molecule has 2 N–H and O–H groups in total. The van der Waals surface area contributed by atoms with E-state index in [0.717, 1.165) is 16.8 Å². The molecule has 0 saturated heterocycles. The van der Waals surface area contributed by atoms with Gasteiger partial charge in [-0.2, -0.15) is 0 Å². The number of aromatic nitrogens is 1. The van der Waals surface area contributed by atoms with Crippen LogP contribution in [0.4, 0.5) is 0 Å². The van der Waals surface area contributed by atoms with E-state index in [0.29, 0.717) is 18.0 Å². The number of aliphatic hydroxyl groups is 1. The van der Waals surface area contributed by atoms with Gasteiger partial charge in [-0.3, -0.25) is 9.79 Å². The van der Waals surface area contributed by atoms with Crippen molar-refractivity contribution < 1.29 is 10.2 Å². The lowest BCUT2D eigenvalue weighted by atomic mass is 9.86. The third kappa shape index (κ3) is 3.20. The minimum Gasteiger partial charge on any atom is -0.503 e. The predicted molar refractivity (Wildman–Crippen MR) is 132 cm³/mol. The minimum absolute atomic E-state index is 0.0591. The van der Waals surface area contributed by atoms with Crippen LogP contribution < -0.4 is 5.43 Å². The highest BCUT2D eigenvalue weighted by Crippen LogP contribution is 2.70. The Hall–Kier alpha value is -3.96. The molecule has 6 rings (SSSR count). The summed E-state index contributed by atoms with van der Waals surface area (Å²) in [5, 5.41) is 21.3. The summed E-state index contributed by atoms with van der Waals surface area (Å²) >= 11 is 0. The molecule has 3 aliphatic rings. The van der Waals surface area contributed by atoms with E-state index < -0.39 is 11.5 Å². The van der Waals surface area contributed by atoms with Gasteiger partial charge in [-0.1, -0.05) is 66.8 Å². The predicted octanol–water partition coefficient (Wildman–Crippen LogP) is 4.61. The van der Waals surface area contributed by atoms with Crippen LogP contribution in [0.25, 0.3) is 5.69 Å². The van der Waals surface area contributed by atoms with Crippen molar-refractivity contribution in [2.24, 2.45) is 16.3 Å². The SMILES string of the molecule is O=c1cc(C(O)Cc2ccccc2)n(-c2cccc(C3C4C=NC=C5C=CC=CC543)c2)cc1O. The van der Waals surface area contributed by atoms with E-state index in [9.17, 15) is 15.0 Å². The lowest BCUT2D eigenvalue weighted by Gasteiger charge is -2.21. The molecule has 1 aliphatic heterocycles. The molecule has 2 heterocycles. The Kier molecular flexibility index (Phi) is 4.74. The van der Waals surface area contributed by atoms with Crippen LogP contribution in [0.5, 0.6) is 5.75 Å². The fraction of sp³-hybridized carbons (Fsp3) is 0.172. The first-order valence-corrected chi connectivity index (χ1v) is 11.5. The van der Waals surface area contributed by atoms with Gasteiger partial charge in [-0.25, -0.2) is 0 Å². The number of hydrogen-bond acceptors (Lipinski definition) is 4. The maximum absolute atomic E-state index is 12.3. The second-order valence-corrected chi connectivity index (χ2v) is 9.16. The number of hydrogen-bond donors (Lipinski definition) is 2. The largest absolute Gasteiger partial charge is 0.503 e. The second-order valence-electron chi connectivity index (χ2n) is 9.16. The van der Waals surface area contributed by atoms with Crippen molar-refractivity contribution in [1.82, 2.24) is 4.57 Å². The van der Waals surface area contributed by atoms with Gasteiger partial charge >= 0.3 is 0 Å². The summed E-state index contributed by atoms with van der Waals surface area (Å²) in [7, 11) is 0. The van der Waals surface area contributed by atoms with Crippen molar-refractivity contribution in [1.29, 1.82) is 0 Å². The highest BCUT2D eigenvalue weighted by Gasteiger charge is 2.65. The van der Waals surface area contributed by atoms with E-state index in [1.54, 1.807) is 4.57 Å². The summed E-state index contributed by atoms with van der Waals surface area (Å²) < 4.78 is 1.72. The van der Waals surface area contributed by atoms with Crippen LogP contribution in [0.3, 0.4) is 0 Å².